The third-order valence-corrected chi connectivity index (χ3v) is 4.63. The van der Waals surface area contributed by atoms with Crippen molar-refractivity contribution < 1.29 is 13.5 Å². The zero-order valence-corrected chi connectivity index (χ0v) is 11.9. The van der Waals surface area contributed by atoms with Crippen LogP contribution < -0.4 is 5.32 Å². The zero-order chi connectivity index (χ0) is 13.1. The van der Waals surface area contributed by atoms with Crippen LogP contribution in [-0.4, -0.2) is 44.7 Å². The van der Waals surface area contributed by atoms with Gasteiger partial charge in [0.2, 0.25) is 0 Å². The van der Waals surface area contributed by atoms with Gasteiger partial charge in [-0.1, -0.05) is 20.3 Å². The highest BCUT2D eigenvalue weighted by molar-refractivity contribution is 7.91. The van der Waals surface area contributed by atoms with Gasteiger partial charge in [-0.25, -0.2) is 8.42 Å². The van der Waals surface area contributed by atoms with Crippen LogP contribution in [0.3, 0.4) is 0 Å². The summed E-state index contributed by atoms with van der Waals surface area (Å²) in [6, 6.07) is 0. The number of aliphatic hydroxyl groups is 1. The second-order valence-corrected chi connectivity index (χ2v) is 6.83. The van der Waals surface area contributed by atoms with Crippen molar-refractivity contribution in [2.75, 3.05) is 31.2 Å². The largest absolute Gasteiger partial charge is 0.396 e. The molecule has 0 aliphatic rings. The van der Waals surface area contributed by atoms with E-state index in [4.69, 9.17) is 5.11 Å². The fraction of sp³-hybridized carbons (Fsp3) is 1.00. The van der Waals surface area contributed by atoms with Crippen molar-refractivity contribution in [1.29, 1.82) is 0 Å². The van der Waals surface area contributed by atoms with Crippen molar-refractivity contribution >= 4 is 9.84 Å². The van der Waals surface area contributed by atoms with E-state index in [1.54, 1.807) is 0 Å². The number of hydrogen-bond acceptors (Lipinski definition) is 4. The van der Waals surface area contributed by atoms with Gasteiger partial charge < -0.3 is 10.4 Å². The Kier molecular flexibility index (Phi) is 9.78. The van der Waals surface area contributed by atoms with Crippen molar-refractivity contribution in [3.63, 3.8) is 0 Å². The van der Waals surface area contributed by atoms with Gasteiger partial charge in [-0.3, -0.25) is 0 Å². The molecule has 4 nitrogen and oxygen atoms in total. The molecule has 0 fully saturated rings. The van der Waals surface area contributed by atoms with Crippen molar-refractivity contribution in [3.8, 4) is 0 Å². The van der Waals surface area contributed by atoms with Crippen LogP contribution in [0.4, 0.5) is 0 Å². The first kappa shape index (κ1) is 16.9. The van der Waals surface area contributed by atoms with Gasteiger partial charge in [0, 0.05) is 18.9 Å². The molecule has 1 atom stereocenters. The van der Waals surface area contributed by atoms with Gasteiger partial charge in [0.15, 0.2) is 9.84 Å². The zero-order valence-electron chi connectivity index (χ0n) is 11.1. The van der Waals surface area contributed by atoms with Crippen LogP contribution in [0.25, 0.3) is 0 Å². The molecule has 104 valence electrons. The molecule has 0 aromatic rings. The van der Waals surface area contributed by atoms with Crippen LogP contribution in [0.2, 0.25) is 0 Å². The molecule has 0 aliphatic carbocycles. The highest BCUT2D eigenvalue weighted by Crippen LogP contribution is 2.09. The molecule has 5 heteroatoms. The molecule has 0 aromatic heterocycles. The van der Waals surface area contributed by atoms with Crippen molar-refractivity contribution in [3.05, 3.63) is 0 Å². The van der Waals surface area contributed by atoms with E-state index in [1.807, 2.05) is 6.92 Å². The molecule has 0 radical (unpaired) electrons. The minimum absolute atomic E-state index is 0.209. The minimum atomic E-state index is -2.87. The highest BCUT2D eigenvalue weighted by Gasteiger charge is 2.10. The topological polar surface area (TPSA) is 66.4 Å². The highest BCUT2D eigenvalue weighted by atomic mass is 32.2. The molecule has 0 aromatic carbocycles. The molecule has 0 amide bonds. The van der Waals surface area contributed by atoms with Crippen molar-refractivity contribution in [1.82, 2.24) is 5.32 Å². The maximum Gasteiger partial charge on any atom is 0.151 e. The Morgan fingerprint density at radius 2 is 1.82 bits per heavy atom. The van der Waals surface area contributed by atoms with E-state index in [0.29, 0.717) is 18.9 Å². The van der Waals surface area contributed by atoms with Crippen LogP contribution in [0.15, 0.2) is 0 Å². The molecule has 0 heterocycles. The molecule has 0 saturated heterocycles. The average Bonchev–Trinajstić information content (AvgIpc) is 2.25. The molecule has 0 spiro atoms. The summed E-state index contributed by atoms with van der Waals surface area (Å²) in [6.45, 7) is 5.53. The molecule has 2 N–H and O–H groups in total. The van der Waals surface area contributed by atoms with E-state index in [0.717, 1.165) is 25.8 Å². The predicted octanol–water partition coefficient (Wildman–Crippen LogP) is 1.20. The van der Waals surface area contributed by atoms with Crippen LogP contribution in [0.5, 0.6) is 0 Å². The molecule has 0 aliphatic heterocycles. The van der Waals surface area contributed by atoms with Gasteiger partial charge in [-0.2, -0.15) is 0 Å². The van der Waals surface area contributed by atoms with Crippen LogP contribution in [-0.2, 0) is 9.84 Å². The smallest absolute Gasteiger partial charge is 0.151 e. The maximum absolute atomic E-state index is 11.4. The van der Waals surface area contributed by atoms with E-state index in [1.165, 1.54) is 0 Å². The molecule has 0 bridgehead atoms. The summed E-state index contributed by atoms with van der Waals surface area (Å²) in [7, 11) is -2.87. The lowest BCUT2D eigenvalue weighted by Gasteiger charge is -2.15. The van der Waals surface area contributed by atoms with Crippen LogP contribution >= 0.6 is 0 Å². The summed E-state index contributed by atoms with van der Waals surface area (Å²) < 4.78 is 22.9. The molecular weight excluding hydrogens is 238 g/mol. The Balaban J connectivity index is 3.74. The molecule has 0 rings (SSSR count). The summed E-state index contributed by atoms with van der Waals surface area (Å²) in [5, 5.41) is 12.1. The summed E-state index contributed by atoms with van der Waals surface area (Å²) in [5.74, 6) is 0.960. The van der Waals surface area contributed by atoms with Gasteiger partial charge in [-0.15, -0.1) is 0 Å². The standard InChI is InChI=1S/C12H27NO3S/c1-3-5-12(6-8-14)11-13-7-10-17(15,16)9-4-2/h12-14H,3-11H2,1-2H3. The van der Waals surface area contributed by atoms with E-state index in [-0.39, 0.29) is 18.1 Å². The normalized spacial score (nSPS) is 13.8. The second-order valence-electron chi connectivity index (χ2n) is 4.52. The van der Waals surface area contributed by atoms with Gasteiger partial charge in [0.25, 0.3) is 0 Å². The lowest BCUT2D eigenvalue weighted by atomic mass is 10.0. The summed E-state index contributed by atoms with van der Waals surface area (Å²) in [5.41, 5.74) is 0. The van der Waals surface area contributed by atoms with Crippen LogP contribution in [0, 0.1) is 5.92 Å². The van der Waals surface area contributed by atoms with E-state index in [9.17, 15) is 8.42 Å². The van der Waals surface area contributed by atoms with Gasteiger partial charge >= 0.3 is 0 Å². The first-order chi connectivity index (χ1) is 8.05. The number of rotatable bonds is 11. The maximum atomic E-state index is 11.4. The minimum Gasteiger partial charge on any atom is -0.396 e. The second kappa shape index (κ2) is 9.85. The molecule has 17 heavy (non-hydrogen) atoms. The van der Waals surface area contributed by atoms with Crippen molar-refractivity contribution in [2.45, 2.75) is 39.5 Å². The van der Waals surface area contributed by atoms with E-state index >= 15 is 0 Å². The van der Waals surface area contributed by atoms with Gasteiger partial charge in [0.05, 0.1) is 5.75 Å². The average molecular weight is 265 g/mol. The van der Waals surface area contributed by atoms with E-state index < -0.39 is 9.84 Å². The number of aliphatic hydroxyl groups excluding tert-OH is 1. The molecule has 1 unspecified atom stereocenters. The summed E-state index contributed by atoms with van der Waals surface area (Å²) >= 11 is 0. The Hall–Kier alpha value is -0.130. The third kappa shape index (κ3) is 9.56. The summed E-state index contributed by atoms with van der Waals surface area (Å²) in [4.78, 5) is 0. The predicted molar refractivity (Wildman–Crippen MR) is 71.9 cm³/mol. The monoisotopic (exact) mass is 265 g/mol. The summed E-state index contributed by atoms with van der Waals surface area (Å²) in [6.07, 6.45) is 3.66. The molecular formula is C12H27NO3S. The van der Waals surface area contributed by atoms with Gasteiger partial charge in [-0.05, 0) is 31.7 Å². The van der Waals surface area contributed by atoms with Crippen molar-refractivity contribution in [2.24, 2.45) is 5.92 Å². The first-order valence-electron chi connectivity index (χ1n) is 6.57. The Labute approximate surface area is 106 Å². The quantitative estimate of drug-likeness (QED) is 0.551. The lowest BCUT2D eigenvalue weighted by Crippen LogP contribution is -2.29. The Morgan fingerprint density at radius 1 is 1.12 bits per heavy atom. The first-order valence-corrected chi connectivity index (χ1v) is 8.39. The molecule has 0 saturated carbocycles. The third-order valence-electron chi connectivity index (χ3n) is 2.77. The number of sulfone groups is 1. The van der Waals surface area contributed by atoms with Crippen LogP contribution in [0.1, 0.15) is 39.5 Å². The Bertz CT molecular complexity index is 259. The fourth-order valence-corrected chi connectivity index (χ4v) is 3.17. The Morgan fingerprint density at radius 3 is 2.35 bits per heavy atom. The van der Waals surface area contributed by atoms with Gasteiger partial charge in [0.1, 0.15) is 0 Å². The van der Waals surface area contributed by atoms with E-state index in [2.05, 4.69) is 12.2 Å². The SMILES string of the molecule is CCCC(CCO)CNCCS(=O)(=O)CCC. The number of hydrogen-bond donors (Lipinski definition) is 2. The fourth-order valence-electron chi connectivity index (χ4n) is 1.89. The number of nitrogens with one attached hydrogen (secondary N) is 1. The lowest BCUT2D eigenvalue weighted by molar-refractivity contribution is 0.248.